The lowest BCUT2D eigenvalue weighted by molar-refractivity contribution is 0.254. The van der Waals surface area contributed by atoms with Crippen LogP contribution in [0.1, 0.15) is 5.56 Å². The summed E-state index contributed by atoms with van der Waals surface area (Å²) in [6.07, 6.45) is 3.28. The number of hydrogen-bond donors (Lipinski definition) is 1. The van der Waals surface area contributed by atoms with E-state index in [0.717, 1.165) is 16.5 Å². The fourth-order valence-corrected chi connectivity index (χ4v) is 3.11. The number of methoxy groups -OCH3 is 2. The SMILES string of the molecule is COc1cc2nccc(Oc3ccc(NC(=O)[N]c4cc(C)ccn4)cc3)c2cc1OC. The first-order valence-corrected chi connectivity index (χ1v) is 9.80. The Balaban J connectivity index is 1.48. The number of anilines is 1. The van der Waals surface area contributed by atoms with Gasteiger partial charge in [-0.1, -0.05) is 0 Å². The van der Waals surface area contributed by atoms with E-state index >= 15 is 0 Å². The number of aryl methyl sites for hydroxylation is 1. The Morgan fingerprint density at radius 2 is 1.59 bits per heavy atom. The lowest BCUT2D eigenvalue weighted by Gasteiger charge is -2.12. The molecule has 8 nitrogen and oxygen atoms in total. The number of aromatic nitrogens is 2. The van der Waals surface area contributed by atoms with E-state index < -0.39 is 6.03 Å². The van der Waals surface area contributed by atoms with E-state index in [2.05, 4.69) is 20.6 Å². The predicted octanol–water partition coefficient (Wildman–Crippen LogP) is 5.22. The van der Waals surface area contributed by atoms with Gasteiger partial charge in [0.05, 0.1) is 19.7 Å². The molecule has 0 aliphatic heterocycles. The van der Waals surface area contributed by atoms with E-state index in [-0.39, 0.29) is 0 Å². The Kier molecular flexibility index (Phi) is 6.03. The summed E-state index contributed by atoms with van der Waals surface area (Å²) in [4.78, 5) is 20.6. The number of pyridine rings is 2. The smallest absolute Gasteiger partial charge is 0.347 e. The highest BCUT2D eigenvalue weighted by Gasteiger charge is 2.12. The molecule has 4 aromatic rings. The number of rotatable bonds is 6. The topological polar surface area (TPSA) is 96.7 Å². The van der Waals surface area contributed by atoms with Crippen molar-refractivity contribution in [1.29, 1.82) is 0 Å². The molecule has 0 aliphatic carbocycles. The average molecular weight is 429 g/mol. The minimum absolute atomic E-state index is 0.360. The maximum Gasteiger partial charge on any atom is 0.347 e. The number of nitrogens with zero attached hydrogens (tertiary/aromatic N) is 3. The van der Waals surface area contributed by atoms with Gasteiger partial charge in [-0.25, -0.2) is 9.78 Å². The summed E-state index contributed by atoms with van der Waals surface area (Å²) < 4.78 is 16.8. The van der Waals surface area contributed by atoms with Crippen molar-refractivity contribution in [3.05, 3.63) is 72.6 Å². The van der Waals surface area contributed by atoms with Crippen molar-refractivity contribution >= 4 is 28.4 Å². The first-order valence-electron chi connectivity index (χ1n) is 9.80. The van der Waals surface area contributed by atoms with Gasteiger partial charge in [-0.05, 0) is 61.0 Å². The van der Waals surface area contributed by atoms with E-state index in [1.807, 2.05) is 19.1 Å². The van der Waals surface area contributed by atoms with Gasteiger partial charge in [-0.2, -0.15) is 5.32 Å². The molecule has 2 aromatic heterocycles. The molecule has 161 valence electrons. The van der Waals surface area contributed by atoms with Gasteiger partial charge in [-0.3, -0.25) is 4.98 Å². The molecule has 0 saturated carbocycles. The monoisotopic (exact) mass is 429 g/mol. The summed E-state index contributed by atoms with van der Waals surface area (Å²) in [5.74, 6) is 2.76. The summed E-state index contributed by atoms with van der Waals surface area (Å²) >= 11 is 0. The highest BCUT2D eigenvalue weighted by molar-refractivity contribution is 5.91. The average Bonchev–Trinajstić information content (AvgIpc) is 2.79. The molecule has 4 rings (SSSR count). The molecule has 32 heavy (non-hydrogen) atoms. The van der Waals surface area contributed by atoms with Crippen LogP contribution in [0.4, 0.5) is 16.3 Å². The second-order valence-electron chi connectivity index (χ2n) is 6.89. The van der Waals surface area contributed by atoms with Gasteiger partial charge >= 0.3 is 6.03 Å². The van der Waals surface area contributed by atoms with Crippen molar-refractivity contribution in [2.24, 2.45) is 0 Å². The largest absolute Gasteiger partial charge is 0.493 e. The number of ether oxygens (including phenoxy) is 3. The van der Waals surface area contributed by atoms with Gasteiger partial charge in [0.1, 0.15) is 11.5 Å². The van der Waals surface area contributed by atoms with E-state index in [9.17, 15) is 4.79 Å². The molecule has 8 heteroatoms. The molecule has 1 N–H and O–H groups in total. The van der Waals surface area contributed by atoms with Crippen LogP contribution in [0.15, 0.2) is 67.0 Å². The minimum atomic E-state index is -0.502. The standard InChI is InChI=1S/C24H21N4O4/c1-15-8-10-26-23(12-15)28-24(29)27-16-4-6-17(7-5-16)32-20-9-11-25-19-14-22(31-3)21(30-2)13-18(19)20/h4-14H,1-3H3,(H,27,29). The number of carbonyl (C=O) groups excluding carboxylic acids is 1. The zero-order chi connectivity index (χ0) is 22.5. The van der Waals surface area contributed by atoms with Crippen LogP contribution in [0.25, 0.3) is 10.9 Å². The molecular weight excluding hydrogens is 408 g/mol. The van der Waals surface area contributed by atoms with Crippen LogP contribution in [-0.4, -0.2) is 30.2 Å². The van der Waals surface area contributed by atoms with Crippen LogP contribution in [0, 0.1) is 6.92 Å². The molecule has 0 fully saturated rings. The van der Waals surface area contributed by atoms with Gasteiger partial charge in [0.25, 0.3) is 0 Å². The Hall–Kier alpha value is -4.33. The van der Waals surface area contributed by atoms with Crippen LogP contribution >= 0.6 is 0 Å². The molecule has 2 aromatic carbocycles. The third kappa shape index (κ3) is 4.70. The third-order valence-electron chi connectivity index (χ3n) is 4.66. The Morgan fingerprint density at radius 1 is 0.875 bits per heavy atom. The summed E-state index contributed by atoms with van der Waals surface area (Å²) in [6, 6.07) is 15.5. The number of hydrogen-bond acceptors (Lipinski definition) is 6. The molecule has 0 unspecified atom stereocenters. The number of carbonyl (C=O) groups is 1. The van der Waals surface area contributed by atoms with Gasteiger partial charge in [0.2, 0.25) is 0 Å². The zero-order valence-corrected chi connectivity index (χ0v) is 17.8. The molecule has 0 spiro atoms. The second kappa shape index (κ2) is 9.22. The Bertz CT molecular complexity index is 1260. The highest BCUT2D eigenvalue weighted by atomic mass is 16.5. The Labute approximate surface area is 185 Å². The van der Waals surface area contributed by atoms with E-state index in [0.29, 0.717) is 34.5 Å². The summed E-state index contributed by atoms with van der Waals surface area (Å²) in [5.41, 5.74) is 2.29. The molecule has 1 radical (unpaired) electrons. The lowest BCUT2D eigenvalue weighted by atomic mass is 10.2. The quantitative estimate of drug-likeness (QED) is 0.452. The van der Waals surface area contributed by atoms with Crippen molar-refractivity contribution in [3.63, 3.8) is 0 Å². The summed E-state index contributed by atoms with van der Waals surface area (Å²) in [6.45, 7) is 1.91. The first kappa shape index (κ1) is 20.9. The molecular formula is C24H21N4O4. The normalized spacial score (nSPS) is 10.5. The maximum atomic E-state index is 12.2. The van der Waals surface area contributed by atoms with Gasteiger partial charge in [-0.15, -0.1) is 0 Å². The number of amides is 2. The zero-order valence-electron chi connectivity index (χ0n) is 17.8. The summed E-state index contributed by atoms with van der Waals surface area (Å²) in [5, 5.41) is 7.45. The highest BCUT2D eigenvalue weighted by Crippen LogP contribution is 2.36. The minimum Gasteiger partial charge on any atom is -0.493 e. The molecule has 0 aliphatic rings. The Morgan fingerprint density at radius 3 is 2.31 bits per heavy atom. The number of benzene rings is 2. The fourth-order valence-electron chi connectivity index (χ4n) is 3.11. The molecule has 0 atom stereocenters. The van der Waals surface area contributed by atoms with E-state index in [1.165, 1.54) is 0 Å². The molecule has 2 heterocycles. The van der Waals surface area contributed by atoms with Crippen LogP contribution < -0.4 is 24.8 Å². The van der Waals surface area contributed by atoms with Gasteiger partial charge in [0, 0.05) is 29.5 Å². The first-order chi connectivity index (χ1) is 15.6. The van der Waals surface area contributed by atoms with Gasteiger partial charge < -0.3 is 19.5 Å². The van der Waals surface area contributed by atoms with E-state index in [4.69, 9.17) is 14.2 Å². The van der Waals surface area contributed by atoms with E-state index in [1.54, 1.807) is 69.1 Å². The van der Waals surface area contributed by atoms with Crippen LogP contribution in [-0.2, 0) is 0 Å². The van der Waals surface area contributed by atoms with Gasteiger partial charge in [0.15, 0.2) is 17.3 Å². The van der Waals surface area contributed by atoms with Crippen LogP contribution in [0.2, 0.25) is 0 Å². The summed E-state index contributed by atoms with van der Waals surface area (Å²) in [7, 11) is 3.16. The number of fused-ring (bicyclic) bond motifs is 1. The molecule has 0 saturated heterocycles. The number of nitrogens with one attached hydrogen (secondary N) is 1. The third-order valence-corrected chi connectivity index (χ3v) is 4.66. The molecule has 0 bridgehead atoms. The maximum absolute atomic E-state index is 12.2. The predicted molar refractivity (Wildman–Crippen MR) is 121 cm³/mol. The molecule has 2 amide bonds. The van der Waals surface area contributed by atoms with Crippen molar-refractivity contribution < 1.29 is 19.0 Å². The second-order valence-corrected chi connectivity index (χ2v) is 6.89. The van der Waals surface area contributed by atoms with Crippen molar-refractivity contribution in [3.8, 4) is 23.0 Å². The van der Waals surface area contributed by atoms with Crippen molar-refractivity contribution in [2.45, 2.75) is 6.92 Å². The van der Waals surface area contributed by atoms with Crippen LogP contribution in [0.5, 0.6) is 23.0 Å². The fraction of sp³-hybridized carbons (Fsp3) is 0.125. The number of urea groups is 1. The lowest BCUT2D eigenvalue weighted by Crippen LogP contribution is -2.19. The van der Waals surface area contributed by atoms with Crippen molar-refractivity contribution in [1.82, 2.24) is 15.3 Å². The van der Waals surface area contributed by atoms with Crippen molar-refractivity contribution in [2.75, 3.05) is 19.5 Å². The van der Waals surface area contributed by atoms with Crippen LogP contribution in [0.3, 0.4) is 0 Å².